The van der Waals surface area contributed by atoms with Crippen molar-refractivity contribution in [2.45, 2.75) is 6.92 Å². The first-order valence-electron chi connectivity index (χ1n) is 4.72. The standard InChI is InChI=1S/C9H10Cl2N4O2/c1-5(16)12-2-3-13-9(17)6-4-7(10)14-15-8(6)11/h4H,2-3H2,1H3,(H,12,16)(H,13,17). The van der Waals surface area contributed by atoms with Crippen molar-refractivity contribution < 1.29 is 9.59 Å². The maximum absolute atomic E-state index is 11.6. The molecular weight excluding hydrogens is 267 g/mol. The average Bonchev–Trinajstić information content (AvgIpc) is 2.27. The van der Waals surface area contributed by atoms with E-state index in [1.165, 1.54) is 13.0 Å². The Hall–Kier alpha value is -1.40. The summed E-state index contributed by atoms with van der Waals surface area (Å²) in [5, 5.41) is 12.2. The maximum Gasteiger partial charge on any atom is 0.254 e. The van der Waals surface area contributed by atoms with Gasteiger partial charge in [0.2, 0.25) is 5.91 Å². The van der Waals surface area contributed by atoms with Gasteiger partial charge < -0.3 is 10.6 Å². The van der Waals surface area contributed by atoms with E-state index in [-0.39, 0.29) is 28.3 Å². The minimum atomic E-state index is -0.419. The van der Waals surface area contributed by atoms with Crippen molar-refractivity contribution in [1.82, 2.24) is 20.8 Å². The number of carbonyl (C=O) groups is 2. The molecule has 0 aliphatic heterocycles. The van der Waals surface area contributed by atoms with E-state index in [1.807, 2.05) is 0 Å². The molecule has 1 rings (SSSR count). The van der Waals surface area contributed by atoms with Gasteiger partial charge in [0.1, 0.15) is 0 Å². The first-order valence-corrected chi connectivity index (χ1v) is 5.47. The molecule has 0 aliphatic rings. The van der Waals surface area contributed by atoms with E-state index >= 15 is 0 Å². The molecule has 0 saturated carbocycles. The minimum Gasteiger partial charge on any atom is -0.355 e. The second kappa shape index (κ2) is 6.36. The fraction of sp³-hybridized carbons (Fsp3) is 0.333. The zero-order valence-corrected chi connectivity index (χ0v) is 10.5. The average molecular weight is 277 g/mol. The van der Waals surface area contributed by atoms with Crippen molar-refractivity contribution in [3.63, 3.8) is 0 Å². The molecule has 0 saturated heterocycles. The predicted molar refractivity (Wildman–Crippen MR) is 63.1 cm³/mol. The molecule has 0 aromatic carbocycles. The molecule has 0 bridgehead atoms. The largest absolute Gasteiger partial charge is 0.355 e. The molecule has 0 fully saturated rings. The zero-order chi connectivity index (χ0) is 12.8. The lowest BCUT2D eigenvalue weighted by Gasteiger charge is -2.06. The van der Waals surface area contributed by atoms with Crippen LogP contribution in [0.3, 0.4) is 0 Å². The Morgan fingerprint density at radius 3 is 2.53 bits per heavy atom. The molecule has 0 radical (unpaired) electrons. The molecular formula is C9H10Cl2N4O2. The van der Waals surface area contributed by atoms with Gasteiger partial charge >= 0.3 is 0 Å². The van der Waals surface area contributed by atoms with Crippen molar-refractivity contribution in [1.29, 1.82) is 0 Å². The zero-order valence-electron chi connectivity index (χ0n) is 8.96. The Labute approximate surface area is 108 Å². The molecule has 1 aromatic heterocycles. The Morgan fingerprint density at radius 2 is 1.88 bits per heavy atom. The van der Waals surface area contributed by atoms with Crippen LogP contribution in [0.1, 0.15) is 17.3 Å². The fourth-order valence-corrected chi connectivity index (χ4v) is 1.35. The van der Waals surface area contributed by atoms with Gasteiger partial charge in [0.05, 0.1) is 5.56 Å². The number of rotatable bonds is 4. The minimum absolute atomic E-state index is 0.0218. The van der Waals surface area contributed by atoms with Crippen molar-refractivity contribution in [2.75, 3.05) is 13.1 Å². The number of hydrogen-bond donors (Lipinski definition) is 2. The summed E-state index contributed by atoms with van der Waals surface area (Å²) in [5.41, 5.74) is 0.148. The first kappa shape index (κ1) is 13.7. The Kier molecular flexibility index (Phi) is 5.11. The van der Waals surface area contributed by atoms with Gasteiger partial charge in [-0.1, -0.05) is 23.2 Å². The topological polar surface area (TPSA) is 84.0 Å². The van der Waals surface area contributed by atoms with Gasteiger partial charge in [-0.25, -0.2) is 0 Å². The van der Waals surface area contributed by atoms with E-state index in [2.05, 4.69) is 20.8 Å². The van der Waals surface area contributed by atoms with E-state index in [1.54, 1.807) is 0 Å². The highest BCUT2D eigenvalue weighted by molar-refractivity contribution is 6.34. The quantitative estimate of drug-likeness (QED) is 0.791. The van der Waals surface area contributed by atoms with Gasteiger partial charge in [-0.05, 0) is 6.07 Å². The van der Waals surface area contributed by atoms with Crippen LogP contribution in [0, 0.1) is 0 Å². The van der Waals surface area contributed by atoms with Crippen LogP contribution in [0.2, 0.25) is 10.3 Å². The third-order valence-electron chi connectivity index (χ3n) is 1.75. The van der Waals surface area contributed by atoms with Crippen LogP contribution in [-0.4, -0.2) is 35.1 Å². The van der Waals surface area contributed by atoms with E-state index in [0.29, 0.717) is 6.54 Å². The molecule has 0 atom stereocenters. The van der Waals surface area contributed by atoms with Gasteiger partial charge in [-0.3, -0.25) is 9.59 Å². The van der Waals surface area contributed by atoms with E-state index in [4.69, 9.17) is 23.2 Å². The summed E-state index contributed by atoms with van der Waals surface area (Å²) >= 11 is 11.3. The van der Waals surface area contributed by atoms with Gasteiger partial charge in [0.15, 0.2) is 10.3 Å². The number of nitrogens with one attached hydrogen (secondary N) is 2. The second-order valence-corrected chi connectivity index (χ2v) is 3.86. The number of carbonyl (C=O) groups excluding carboxylic acids is 2. The van der Waals surface area contributed by atoms with Crippen LogP contribution < -0.4 is 10.6 Å². The summed E-state index contributed by atoms with van der Waals surface area (Å²) < 4.78 is 0. The number of halogens is 2. The van der Waals surface area contributed by atoms with Crippen molar-refractivity contribution in [3.8, 4) is 0 Å². The molecule has 0 unspecified atom stereocenters. The van der Waals surface area contributed by atoms with Crippen LogP contribution in [0.4, 0.5) is 0 Å². The molecule has 2 N–H and O–H groups in total. The molecule has 1 heterocycles. The molecule has 92 valence electrons. The van der Waals surface area contributed by atoms with Crippen LogP contribution in [0.25, 0.3) is 0 Å². The van der Waals surface area contributed by atoms with Crippen molar-refractivity contribution in [2.24, 2.45) is 0 Å². The lowest BCUT2D eigenvalue weighted by molar-refractivity contribution is -0.118. The predicted octanol–water partition coefficient (Wildman–Crippen LogP) is 0.649. The fourth-order valence-electron chi connectivity index (χ4n) is 1.02. The van der Waals surface area contributed by atoms with Crippen LogP contribution in [0.5, 0.6) is 0 Å². The summed E-state index contributed by atoms with van der Waals surface area (Å²) in [5.74, 6) is -0.581. The molecule has 6 nitrogen and oxygen atoms in total. The van der Waals surface area contributed by atoms with Gasteiger partial charge in [-0.2, -0.15) is 0 Å². The van der Waals surface area contributed by atoms with E-state index in [0.717, 1.165) is 0 Å². The number of amides is 2. The lowest BCUT2D eigenvalue weighted by atomic mass is 10.3. The lowest BCUT2D eigenvalue weighted by Crippen LogP contribution is -2.33. The summed E-state index contributed by atoms with van der Waals surface area (Å²) in [6, 6.07) is 1.32. The van der Waals surface area contributed by atoms with Gasteiger partial charge in [-0.15, -0.1) is 10.2 Å². The summed E-state index contributed by atoms with van der Waals surface area (Å²) in [6.45, 7) is 2.02. The SMILES string of the molecule is CC(=O)NCCNC(=O)c1cc(Cl)nnc1Cl. The Balaban J connectivity index is 2.52. The van der Waals surface area contributed by atoms with Gasteiger partial charge in [0, 0.05) is 20.0 Å². The highest BCUT2D eigenvalue weighted by Crippen LogP contribution is 2.14. The molecule has 8 heteroatoms. The molecule has 0 spiro atoms. The second-order valence-electron chi connectivity index (χ2n) is 3.11. The highest BCUT2D eigenvalue weighted by Gasteiger charge is 2.12. The highest BCUT2D eigenvalue weighted by atomic mass is 35.5. The van der Waals surface area contributed by atoms with Crippen LogP contribution >= 0.6 is 23.2 Å². The Bertz CT molecular complexity index is 439. The number of hydrogen-bond acceptors (Lipinski definition) is 4. The third kappa shape index (κ3) is 4.54. The van der Waals surface area contributed by atoms with E-state index in [9.17, 15) is 9.59 Å². The van der Waals surface area contributed by atoms with Crippen molar-refractivity contribution >= 4 is 35.0 Å². The first-order chi connectivity index (χ1) is 8.00. The van der Waals surface area contributed by atoms with Crippen molar-refractivity contribution in [3.05, 3.63) is 21.9 Å². The van der Waals surface area contributed by atoms with E-state index < -0.39 is 5.91 Å². The maximum atomic E-state index is 11.6. The third-order valence-corrected chi connectivity index (χ3v) is 2.21. The summed E-state index contributed by atoms with van der Waals surface area (Å²) in [7, 11) is 0. The summed E-state index contributed by atoms with van der Waals surface area (Å²) in [6.07, 6.45) is 0. The van der Waals surface area contributed by atoms with Gasteiger partial charge in [0.25, 0.3) is 5.91 Å². The molecule has 2 amide bonds. The molecule has 0 aliphatic carbocycles. The monoisotopic (exact) mass is 276 g/mol. The van der Waals surface area contributed by atoms with Crippen LogP contribution in [-0.2, 0) is 4.79 Å². The smallest absolute Gasteiger partial charge is 0.254 e. The molecule has 1 aromatic rings. The number of nitrogens with zero attached hydrogens (tertiary/aromatic N) is 2. The normalized spacial score (nSPS) is 9.82. The number of aromatic nitrogens is 2. The Morgan fingerprint density at radius 1 is 1.24 bits per heavy atom. The molecule has 17 heavy (non-hydrogen) atoms. The summed E-state index contributed by atoms with van der Waals surface area (Å²) in [4.78, 5) is 22.2. The van der Waals surface area contributed by atoms with Crippen LogP contribution in [0.15, 0.2) is 6.07 Å².